The Hall–Kier alpha value is -0.390. The van der Waals surface area contributed by atoms with Gasteiger partial charge in [-0.1, -0.05) is 19.4 Å². The fourth-order valence-electron chi connectivity index (χ4n) is 1.08. The summed E-state index contributed by atoms with van der Waals surface area (Å²) in [6.07, 6.45) is 2.09. The van der Waals surface area contributed by atoms with Crippen molar-refractivity contribution in [2.45, 2.75) is 25.9 Å². The van der Waals surface area contributed by atoms with Crippen molar-refractivity contribution in [2.75, 3.05) is 24.7 Å². The van der Waals surface area contributed by atoms with E-state index in [1.54, 1.807) is 6.08 Å². The fourth-order valence-corrected chi connectivity index (χ4v) is 2.65. The maximum Gasteiger partial charge on any atom is 0.152 e. The number of hydrogen-bond donors (Lipinski definition) is 1. The van der Waals surface area contributed by atoms with Crippen molar-refractivity contribution < 1.29 is 18.3 Å². The van der Waals surface area contributed by atoms with Crippen molar-refractivity contribution in [3.8, 4) is 0 Å². The highest BCUT2D eigenvalue weighted by Crippen LogP contribution is 2.00. The smallest absolute Gasteiger partial charge is 0.152 e. The van der Waals surface area contributed by atoms with Crippen LogP contribution in [0.1, 0.15) is 19.8 Å². The summed E-state index contributed by atoms with van der Waals surface area (Å²) in [6, 6.07) is 0. The predicted molar refractivity (Wildman–Crippen MR) is 60.6 cm³/mol. The average molecular weight is 236 g/mol. The van der Waals surface area contributed by atoms with Gasteiger partial charge in [-0.3, -0.25) is 0 Å². The molecular formula is C10H20O4S. The minimum absolute atomic E-state index is 0.0391. The van der Waals surface area contributed by atoms with Crippen molar-refractivity contribution in [3.63, 3.8) is 0 Å². The number of hydrogen-bond acceptors (Lipinski definition) is 4. The van der Waals surface area contributed by atoms with E-state index in [4.69, 9.17) is 4.74 Å². The minimum atomic E-state index is -3.14. The average Bonchev–Trinajstić information content (AvgIpc) is 2.14. The third kappa shape index (κ3) is 8.59. The Balaban J connectivity index is 3.82. The number of rotatable bonds is 9. The zero-order valence-electron chi connectivity index (χ0n) is 9.18. The number of aliphatic hydroxyl groups excluding tert-OH is 1. The van der Waals surface area contributed by atoms with Crippen LogP contribution in [0.2, 0.25) is 0 Å². The molecule has 0 aromatic heterocycles. The van der Waals surface area contributed by atoms with Crippen LogP contribution in [0.15, 0.2) is 12.7 Å². The first-order chi connectivity index (χ1) is 7.02. The standard InChI is InChI=1S/C10H20O4S/c1-3-5-7-15(12,13)9-10(11)8-14-6-4-2/h4,10-11H,2-3,5-9H2,1H3/t10-/m1/s1. The van der Waals surface area contributed by atoms with Crippen LogP contribution >= 0.6 is 0 Å². The summed E-state index contributed by atoms with van der Waals surface area (Å²) < 4.78 is 27.8. The first kappa shape index (κ1) is 14.6. The van der Waals surface area contributed by atoms with E-state index in [2.05, 4.69) is 6.58 Å². The van der Waals surface area contributed by atoms with E-state index in [0.29, 0.717) is 13.0 Å². The Morgan fingerprint density at radius 1 is 1.53 bits per heavy atom. The number of sulfone groups is 1. The van der Waals surface area contributed by atoms with Crippen LogP contribution in [0.3, 0.4) is 0 Å². The summed E-state index contributed by atoms with van der Waals surface area (Å²) >= 11 is 0. The molecule has 5 heteroatoms. The summed E-state index contributed by atoms with van der Waals surface area (Å²) in [5, 5.41) is 9.37. The molecule has 15 heavy (non-hydrogen) atoms. The lowest BCUT2D eigenvalue weighted by Gasteiger charge is -2.10. The van der Waals surface area contributed by atoms with Crippen LogP contribution in [-0.4, -0.2) is 44.3 Å². The Kier molecular flexibility index (Phi) is 7.64. The van der Waals surface area contributed by atoms with Gasteiger partial charge in [0, 0.05) is 0 Å². The molecule has 0 saturated carbocycles. The van der Waals surface area contributed by atoms with Gasteiger partial charge in [-0.2, -0.15) is 0 Å². The molecule has 90 valence electrons. The van der Waals surface area contributed by atoms with E-state index >= 15 is 0 Å². The lowest BCUT2D eigenvalue weighted by molar-refractivity contribution is 0.0616. The van der Waals surface area contributed by atoms with E-state index in [1.807, 2.05) is 6.92 Å². The molecule has 4 nitrogen and oxygen atoms in total. The Bertz CT molecular complexity index is 259. The topological polar surface area (TPSA) is 63.6 Å². The molecule has 0 aliphatic rings. The molecule has 0 aliphatic heterocycles. The van der Waals surface area contributed by atoms with Gasteiger partial charge in [0.1, 0.15) is 0 Å². The number of aliphatic hydroxyl groups is 1. The van der Waals surface area contributed by atoms with Gasteiger partial charge in [0.15, 0.2) is 9.84 Å². The van der Waals surface area contributed by atoms with E-state index < -0.39 is 15.9 Å². The monoisotopic (exact) mass is 236 g/mol. The quantitative estimate of drug-likeness (QED) is 0.474. The highest BCUT2D eigenvalue weighted by atomic mass is 32.2. The zero-order chi connectivity index (χ0) is 11.7. The Morgan fingerprint density at radius 2 is 2.20 bits per heavy atom. The minimum Gasteiger partial charge on any atom is -0.390 e. The summed E-state index contributed by atoms with van der Waals surface area (Å²) in [7, 11) is -3.14. The van der Waals surface area contributed by atoms with Crippen molar-refractivity contribution in [1.29, 1.82) is 0 Å². The van der Waals surface area contributed by atoms with Crippen LogP contribution < -0.4 is 0 Å². The molecule has 0 aromatic rings. The van der Waals surface area contributed by atoms with Gasteiger partial charge in [0.05, 0.1) is 30.8 Å². The first-order valence-electron chi connectivity index (χ1n) is 5.09. The van der Waals surface area contributed by atoms with E-state index in [-0.39, 0.29) is 18.1 Å². The highest BCUT2D eigenvalue weighted by Gasteiger charge is 2.16. The second-order valence-electron chi connectivity index (χ2n) is 3.45. The molecule has 0 heterocycles. The molecule has 0 aromatic carbocycles. The first-order valence-corrected chi connectivity index (χ1v) is 6.91. The van der Waals surface area contributed by atoms with Gasteiger partial charge < -0.3 is 9.84 Å². The summed E-state index contributed by atoms with van der Waals surface area (Å²) in [5.74, 6) is -0.0772. The largest absolute Gasteiger partial charge is 0.390 e. The Labute approximate surface area is 91.9 Å². The maximum atomic E-state index is 11.4. The zero-order valence-corrected chi connectivity index (χ0v) is 10.0. The number of unbranched alkanes of at least 4 members (excludes halogenated alkanes) is 1. The number of ether oxygens (including phenoxy) is 1. The fraction of sp³-hybridized carbons (Fsp3) is 0.800. The van der Waals surface area contributed by atoms with Gasteiger partial charge >= 0.3 is 0 Å². The third-order valence-electron chi connectivity index (χ3n) is 1.80. The maximum absolute atomic E-state index is 11.4. The van der Waals surface area contributed by atoms with Crippen LogP contribution in [0.5, 0.6) is 0 Å². The second kappa shape index (κ2) is 7.84. The van der Waals surface area contributed by atoms with Gasteiger partial charge in [-0.25, -0.2) is 8.42 Å². The van der Waals surface area contributed by atoms with Crippen molar-refractivity contribution >= 4 is 9.84 Å². The third-order valence-corrected chi connectivity index (χ3v) is 3.60. The normalized spacial score (nSPS) is 13.7. The molecule has 0 fully saturated rings. The summed E-state index contributed by atoms with van der Waals surface area (Å²) in [4.78, 5) is 0. The molecule has 0 unspecified atom stereocenters. The Morgan fingerprint density at radius 3 is 2.73 bits per heavy atom. The highest BCUT2D eigenvalue weighted by molar-refractivity contribution is 7.91. The predicted octanol–water partition coefficient (Wildman–Crippen LogP) is 0.765. The van der Waals surface area contributed by atoms with Crippen molar-refractivity contribution in [3.05, 3.63) is 12.7 Å². The summed E-state index contributed by atoms with van der Waals surface area (Å²) in [6.45, 7) is 5.74. The lowest BCUT2D eigenvalue weighted by atomic mass is 10.4. The van der Waals surface area contributed by atoms with Crippen LogP contribution in [0.25, 0.3) is 0 Å². The van der Waals surface area contributed by atoms with Gasteiger partial charge in [-0.15, -0.1) is 6.58 Å². The second-order valence-corrected chi connectivity index (χ2v) is 5.68. The van der Waals surface area contributed by atoms with Gasteiger partial charge in [-0.05, 0) is 6.42 Å². The SMILES string of the molecule is C=CCOC[C@@H](O)CS(=O)(=O)CCCC. The molecule has 0 saturated heterocycles. The van der Waals surface area contributed by atoms with E-state index in [9.17, 15) is 13.5 Å². The molecule has 1 N–H and O–H groups in total. The van der Waals surface area contributed by atoms with Crippen LogP contribution in [-0.2, 0) is 14.6 Å². The molecule has 0 spiro atoms. The van der Waals surface area contributed by atoms with E-state index in [1.165, 1.54) is 0 Å². The summed E-state index contributed by atoms with van der Waals surface area (Å²) in [5.41, 5.74) is 0. The molecule has 0 radical (unpaired) electrons. The van der Waals surface area contributed by atoms with Crippen molar-refractivity contribution in [2.24, 2.45) is 0 Å². The van der Waals surface area contributed by atoms with Gasteiger partial charge in [0.25, 0.3) is 0 Å². The molecule has 0 aliphatic carbocycles. The molecule has 1 atom stereocenters. The molecule has 0 bridgehead atoms. The van der Waals surface area contributed by atoms with Crippen LogP contribution in [0, 0.1) is 0 Å². The van der Waals surface area contributed by atoms with E-state index in [0.717, 1.165) is 6.42 Å². The molecule has 0 amide bonds. The van der Waals surface area contributed by atoms with Crippen LogP contribution in [0.4, 0.5) is 0 Å². The van der Waals surface area contributed by atoms with Crippen molar-refractivity contribution in [1.82, 2.24) is 0 Å². The van der Waals surface area contributed by atoms with Gasteiger partial charge in [0.2, 0.25) is 0 Å². The molecular weight excluding hydrogens is 216 g/mol. The molecule has 0 rings (SSSR count). The lowest BCUT2D eigenvalue weighted by Crippen LogP contribution is -2.27.